The van der Waals surface area contributed by atoms with Crippen molar-refractivity contribution in [1.29, 1.82) is 0 Å². The summed E-state index contributed by atoms with van der Waals surface area (Å²) < 4.78 is 9.66. The largest absolute Gasteiger partial charge is 0.467 e. The number of amides is 1. The molecule has 0 radical (unpaired) electrons. The number of carbonyl (C=O) groups is 2. The quantitative estimate of drug-likeness (QED) is 0.515. The predicted molar refractivity (Wildman–Crippen MR) is 44.0 cm³/mol. The zero-order chi connectivity index (χ0) is 9.84. The van der Waals surface area contributed by atoms with E-state index in [1.54, 1.807) is 4.90 Å². The van der Waals surface area contributed by atoms with Gasteiger partial charge in [0.25, 0.3) is 0 Å². The van der Waals surface area contributed by atoms with Crippen molar-refractivity contribution in [2.45, 2.75) is 13.0 Å². The summed E-state index contributed by atoms with van der Waals surface area (Å²) in [6.07, 6.45) is -0.623. The van der Waals surface area contributed by atoms with E-state index in [4.69, 9.17) is 4.74 Å². The number of morpholine rings is 1. The second-order valence-electron chi connectivity index (χ2n) is 2.85. The molecule has 74 valence electrons. The van der Waals surface area contributed by atoms with Crippen LogP contribution in [-0.4, -0.2) is 49.7 Å². The molecule has 0 aromatic carbocycles. The summed E-state index contributed by atoms with van der Waals surface area (Å²) in [6.45, 7) is 2.70. The minimum Gasteiger partial charge on any atom is -0.467 e. The molecule has 5 nitrogen and oxygen atoms in total. The van der Waals surface area contributed by atoms with Crippen molar-refractivity contribution in [2.75, 3.05) is 26.8 Å². The number of nitrogens with zero attached hydrogens (tertiary/aromatic N) is 1. The summed E-state index contributed by atoms with van der Waals surface area (Å²) in [5.74, 6) is -0.469. The average Bonchev–Trinajstić information content (AvgIpc) is 2.17. The fraction of sp³-hybridized carbons (Fsp3) is 0.750. The van der Waals surface area contributed by atoms with Crippen molar-refractivity contribution in [3.63, 3.8) is 0 Å². The van der Waals surface area contributed by atoms with Crippen LogP contribution in [0.15, 0.2) is 0 Å². The van der Waals surface area contributed by atoms with Gasteiger partial charge in [0.2, 0.25) is 5.91 Å². The summed E-state index contributed by atoms with van der Waals surface area (Å²) in [5.41, 5.74) is 0. The monoisotopic (exact) mass is 187 g/mol. The van der Waals surface area contributed by atoms with Crippen LogP contribution in [0.5, 0.6) is 0 Å². The molecule has 1 aliphatic heterocycles. The van der Waals surface area contributed by atoms with Crippen LogP contribution in [0.4, 0.5) is 0 Å². The van der Waals surface area contributed by atoms with Crippen LogP contribution >= 0.6 is 0 Å². The van der Waals surface area contributed by atoms with Crippen molar-refractivity contribution in [3.05, 3.63) is 0 Å². The molecule has 1 aliphatic rings. The molecule has 0 saturated carbocycles. The fourth-order valence-corrected chi connectivity index (χ4v) is 1.21. The highest BCUT2D eigenvalue weighted by molar-refractivity contribution is 5.78. The van der Waals surface area contributed by atoms with Gasteiger partial charge < -0.3 is 14.4 Å². The third-order valence-electron chi connectivity index (χ3n) is 1.98. The molecule has 0 bridgehead atoms. The summed E-state index contributed by atoms with van der Waals surface area (Å²) >= 11 is 0. The van der Waals surface area contributed by atoms with Crippen LogP contribution in [-0.2, 0) is 19.1 Å². The van der Waals surface area contributed by atoms with Gasteiger partial charge in [-0.3, -0.25) is 4.79 Å². The maximum atomic E-state index is 11.0. The third kappa shape index (κ3) is 2.42. The van der Waals surface area contributed by atoms with Crippen molar-refractivity contribution in [1.82, 2.24) is 4.90 Å². The van der Waals surface area contributed by atoms with E-state index in [-0.39, 0.29) is 5.91 Å². The highest BCUT2D eigenvalue weighted by Crippen LogP contribution is 2.06. The van der Waals surface area contributed by atoms with Gasteiger partial charge in [0.05, 0.1) is 20.3 Å². The Kier molecular flexibility index (Phi) is 3.25. The van der Waals surface area contributed by atoms with E-state index in [9.17, 15) is 9.59 Å². The number of hydrogen-bond acceptors (Lipinski definition) is 4. The van der Waals surface area contributed by atoms with Crippen LogP contribution in [0.2, 0.25) is 0 Å². The molecule has 0 aliphatic carbocycles. The van der Waals surface area contributed by atoms with Gasteiger partial charge in [-0.25, -0.2) is 4.79 Å². The standard InChI is InChI=1S/C8H13NO4/c1-6(10)9-3-4-13-7(5-9)8(11)12-2/h7H,3-5H2,1-2H3. The Balaban J connectivity index is 2.51. The van der Waals surface area contributed by atoms with Crippen LogP contribution in [0.25, 0.3) is 0 Å². The Hall–Kier alpha value is -1.10. The summed E-state index contributed by atoms with van der Waals surface area (Å²) in [7, 11) is 1.30. The number of esters is 1. The molecule has 5 heteroatoms. The van der Waals surface area contributed by atoms with Crippen LogP contribution in [0, 0.1) is 0 Å². The first kappa shape index (κ1) is 9.98. The Morgan fingerprint density at radius 2 is 2.23 bits per heavy atom. The Bertz CT molecular complexity index is 216. The second kappa shape index (κ2) is 4.23. The van der Waals surface area contributed by atoms with Crippen LogP contribution < -0.4 is 0 Å². The molecule has 1 fully saturated rings. The van der Waals surface area contributed by atoms with Crippen molar-refractivity contribution in [2.24, 2.45) is 0 Å². The van der Waals surface area contributed by atoms with Gasteiger partial charge in [-0.15, -0.1) is 0 Å². The van der Waals surface area contributed by atoms with Crippen molar-refractivity contribution < 1.29 is 19.1 Å². The number of rotatable bonds is 1. The van der Waals surface area contributed by atoms with Gasteiger partial charge in [0.15, 0.2) is 6.10 Å². The van der Waals surface area contributed by atoms with E-state index < -0.39 is 12.1 Å². The zero-order valence-corrected chi connectivity index (χ0v) is 7.78. The molecule has 0 N–H and O–H groups in total. The second-order valence-corrected chi connectivity index (χ2v) is 2.85. The molecular weight excluding hydrogens is 174 g/mol. The van der Waals surface area contributed by atoms with Crippen LogP contribution in [0.3, 0.4) is 0 Å². The van der Waals surface area contributed by atoms with E-state index in [0.717, 1.165) is 0 Å². The molecule has 1 unspecified atom stereocenters. The van der Waals surface area contributed by atoms with Crippen molar-refractivity contribution >= 4 is 11.9 Å². The molecule has 1 rings (SSSR count). The van der Waals surface area contributed by atoms with Crippen LogP contribution in [0.1, 0.15) is 6.92 Å². The number of carbonyl (C=O) groups excluding carboxylic acids is 2. The van der Waals surface area contributed by atoms with Gasteiger partial charge in [-0.1, -0.05) is 0 Å². The highest BCUT2D eigenvalue weighted by Gasteiger charge is 2.28. The maximum Gasteiger partial charge on any atom is 0.336 e. The first-order chi connectivity index (χ1) is 6.15. The lowest BCUT2D eigenvalue weighted by atomic mass is 10.3. The molecule has 0 aromatic heterocycles. The van der Waals surface area contributed by atoms with E-state index in [1.165, 1.54) is 14.0 Å². The molecule has 1 atom stereocenters. The minimum absolute atomic E-state index is 0.0443. The van der Waals surface area contributed by atoms with E-state index in [2.05, 4.69) is 4.74 Å². The lowest BCUT2D eigenvalue weighted by Gasteiger charge is -2.30. The smallest absolute Gasteiger partial charge is 0.336 e. The first-order valence-corrected chi connectivity index (χ1v) is 4.10. The number of methoxy groups -OCH3 is 1. The van der Waals surface area contributed by atoms with E-state index >= 15 is 0 Å². The molecule has 1 amide bonds. The third-order valence-corrected chi connectivity index (χ3v) is 1.98. The highest BCUT2D eigenvalue weighted by atomic mass is 16.6. The van der Waals surface area contributed by atoms with Gasteiger partial charge in [0.1, 0.15) is 0 Å². The summed E-state index contributed by atoms with van der Waals surface area (Å²) in [4.78, 5) is 23.6. The van der Waals surface area contributed by atoms with Gasteiger partial charge in [-0.05, 0) is 0 Å². The number of ether oxygens (including phenoxy) is 2. The fourth-order valence-electron chi connectivity index (χ4n) is 1.21. The maximum absolute atomic E-state index is 11.0. The Morgan fingerprint density at radius 3 is 2.77 bits per heavy atom. The minimum atomic E-state index is -0.623. The normalized spacial score (nSPS) is 22.6. The average molecular weight is 187 g/mol. The van der Waals surface area contributed by atoms with E-state index in [1.807, 2.05) is 0 Å². The lowest BCUT2D eigenvalue weighted by Crippen LogP contribution is -2.48. The molecular formula is C8H13NO4. The topological polar surface area (TPSA) is 55.8 Å². The SMILES string of the molecule is COC(=O)C1CN(C(C)=O)CCO1. The van der Waals surface area contributed by atoms with Gasteiger partial charge in [0, 0.05) is 13.5 Å². The van der Waals surface area contributed by atoms with Gasteiger partial charge in [-0.2, -0.15) is 0 Å². The Labute approximate surface area is 76.6 Å². The molecule has 0 aromatic rings. The lowest BCUT2D eigenvalue weighted by molar-refractivity contribution is -0.162. The predicted octanol–water partition coefficient (Wildman–Crippen LogP) is -0.593. The van der Waals surface area contributed by atoms with Gasteiger partial charge >= 0.3 is 5.97 Å². The molecule has 0 spiro atoms. The molecule has 1 heterocycles. The van der Waals surface area contributed by atoms with Crippen molar-refractivity contribution in [3.8, 4) is 0 Å². The zero-order valence-electron chi connectivity index (χ0n) is 7.78. The molecule has 1 saturated heterocycles. The molecule has 13 heavy (non-hydrogen) atoms. The first-order valence-electron chi connectivity index (χ1n) is 4.10. The van der Waals surface area contributed by atoms with E-state index in [0.29, 0.717) is 19.7 Å². The summed E-state index contributed by atoms with van der Waals surface area (Å²) in [5, 5.41) is 0. The number of hydrogen-bond donors (Lipinski definition) is 0. The summed E-state index contributed by atoms with van der Waals surface area (Å²) in [6, 6.07) is 0. The Morgan fingerprint density at radius 1 is 1.54 bits per heavy atom.